The van der Waals surface area contributed by atoms with E-state index in [1.807, 2.05) is 0 Å². The fourth-order valence-electron chi connectivity index (χ4n) is 5.25. The SMILES string of the molecule is CCCCCCCCCCCCCCCCC(=O)CC(=O)CCCCCCCCCCCCCCC. The van der Waals surface area contributed by atoms with Crippen molar-refractivity contribution in [1.29, 1.82) is 0 Å². The molecule has 0 aromatic heterocycles. The molecular weight excluding hydrogens is 440 g/mol. The predicted octanol–water partition coefficient (Wildman–Crippen LogP) is 11.9. The van der Waals surface area contributed by atoms with E-state index in [0.29, 0.717) is 12.8 Å². The Morgan fingerprint density at radius 1 is 0.306 bits per heavy atom. The maximum atomic E-state index is 12.1. The van der Waals surface area contributed by atoms with Crippen molar-refractivity contribution in [2.75, 3.05) is 0 Å². The van der Waals surface area contributed by atoms with Crippen LogP contribution < -0.4 is 0 Å². The van der Waals surface area contributed by atoms with Crippen LogP contribution in [0.25, 0.3) is 0 Å². The third kappa shape index (κ3) is 29.6. The molecule has 0 fully saturated rings. The minimum Gasteiger partial charge on any atom is -0.299 e. The van der Waals surface area contributed by atoms with E-state index in [-0.39, 0.29) is 18.0 Å². The Labute approximate surface area is 227 Å². The Morgan fingerprint density at radius 3 is 0.722 bits per heavy atom. The van der Waals surface area contributed by atoms with Crippen LogP contribution in [0.3, 0.4) is 0 Å². The van der Waals surface area contributed by atoms with Gasteiger partial charge in [-0.05, 0) is 12.8 Å². The summed E-state index contributed by atoms with van der Waals surface area (Å²) in [5, 5.41) is 0. The molecule has 0 unspecified atom stereocenters. The Morgan fingerprint density at radius 2 is 0.500 bits per heavy atom. The van der Waals surface area contributed by atoms with Crippen LogP contribution in [0.15, 0.2) is 0 Å². The van der Waals surface area contributed by atoms with Gasteiger partial charge in [-0.1, -0.05) is 174 Å². The molecule has 0 aliphatic heterocycles. The fraction of sp³-hybridized carbons (Fsp3) is 0.941. The van der Waals surface area contributed by atoms with Gasteiger partial charge in [-0.3, -0.25) is 9.59 Å². The van der Waals surface area contributed by atoms with E-state index in [1.165, 1.54) is 148 Å². The second-order valence-corrected chi connectivity index (χ2v) is 11.6. The summed E-state index contributed by atoms with van der Waals surface area (Å²) in [5.41, 5.74) is 0. The normalized spacial score (nSPS) is 11.3. The van der Waals surface area contributed by atoms with E-state index >= 15 is 0 Å². The Kier molecular flexibility index (Phi) is 30.0. The fourth-order valence-corrected chi connectivity index (χ4v) is 5.25. The summed E-state index contributed by atoms with van der Waals surface area (Å²) >= 11 is 0. The molecular formula is C34H66O2. The van der Waals surface area contributed by atoms with Gasteiger partial charge in [-0.25, -0.2) is 0 Å². The molecule has 0 radical (unpaired) electrons. The van der Waals surface area contributed by atoms with Crippen LogP contribution in [-0.2, 0) is 9.59 Å². The first-order chi connectivity index (χ1) is 17.7. The van der Waals surface area contributed by atoms with Crippen LogP contribution in [0.4, 0.5) is 0 Å². The molecule has 0 aromatic carbocycles. The van der Waals surface area contributed by atoms with E-state index in [9.17, 15) is 9.59 Å². The molecule has 214 valence electrons. The van der Waals surface area contributed by atoms with Crippen molar-refractivity contribution in [3.63, 3.8) is 0 Å². The van der Waals surface area contributed by atoms with E-state index in [4.69, 9.17) is 0 Å². The topological polar surface area (TPSA) is 34.1 Å². The molecule has 0 aliphatic carbocycles. The minimum absolute atomic E-state index is 0.174. The second-order valence-electron chi connectivity index (χ2n) is 11.6. The smallest absolute Gasteiger partial charge is 0.140 e. The summed E-state index contributed by atoms with van der Waals surface area (Å²) in [6, 6.07) is 0. The van der Waals surface area contributed by atoms with Crippen molar-refractivity contribution in [3.05, 3.63) is 0 Å². The first-order valence-corrected chi connectivity index (χ1v) is 16.7. The van der Waals surface area contributed by atoms with Crippen molar-refractivity contribution < 1.29 is 9.59 Å². The molecule has 0 N–H and O–H groups in total. The maximum absolute atomic E-state index is 12.1. The van der Waals surface area contributed by atoms with Gasteiger partial charge in [0.25, 0.3) is 0 Å². The zero-order valence-corrected chi connectivity index (χ0v) is 25.0. The summed E-state index contributed by atoms with van der Waals surface area (Å²) in [6.07, 6.45) is 37.3. The summed E-state index contributed by atoms with van der Waals surface area (Å²) in [6.45, 7) is 4.55. The third-order valence-corrected chi connectivity index (χ3v) is 7.76. The number of carbonyl (C=O) groups is 2. The first-order valence-electron chi connectivity index (χ1n) is 16.7. The molecule has 0 bridgehead atoms. The van der Waals surface area contributed by atoms with Crippen molar-refractivity contribution in [1.82, 2.24) is 0 Å². The molecule has 0 aliphatic rings. The number of Topliss-reactive ketones (excluding diaryl/α,β-unsaturated/α-hetero) is 2. The maximum Gasteiger partial charge on any atom is 0.140 e. The average Bonchev–Trinajstić information content (AvgIpc) is 2.87. The molecule has 0 saturated heterocycles. The van der Waals surface area contributed by atoms with Gasteiger partial charge < -0.3 is 0 Å². The highest BCUT2D eigenvalue weighted by Crippen LogP contribution is 2.15. The molecule has 0 rings (SSSR count). The van der Waals surface area contributed by atoms with Gasteiger partial charge in [0.2, 0.25) is 0 Å². The molecule has 36 heavy (non-hydrogen) atoms. The predicted molar refractivity (Wildman–Crippen MR) is 160 cm³/mol. The summed E-state index contributed by atoms with van der Waals surface area (Å²) < 4.78 is 0. The molecule has 0 heterocycles. The van der Waals surface area contributed by atoms with Gasteiger partial charge in [0.15, 0.2) is 0 Å². The zero-order valence-electron chi connectivity index (χ0n) is 25.0. The Balaban J connectivity index is 3.28. The molecule has 2 heteroatoms. The lowest BCUT2D eigenvalue weighted by Gasteiger charge is -2.04. The van der Waals surface area contributed by atoms with E-state index in [2.05, 4.69) is 13.8 Å². The van der Waals surface area contributed by atoms with Crippen LogP contribution in [0, 0.1) is 0 Å². The zero-order chi connectivity index (χ0) is 26.4. The minimum atomic E-state index is 0.174. The highest BCUT2D eigenvalue weighted by molar-refractivity contribution is 5.98. The highest BCUT2D eigenvalue weighted by Gasteiger charge is 2.09. The largest absolute Gasteiger partial charge is 0.299 e. The van der Waals surface area contributed by atoms with Crippen molar-refractivity contribution >= 4 is 11.6 Å². The van der Waals surface area contributed by atoms with E-state index in [0.717, 1.165) is 25.7 Å². The van der Waals surface area contributed by atoms with Crippen molar-refractivity contribution in [3.8, 4) is 0 Å². The standard InChI is InChI=1S/C34H66O2/c1-3-5-7-9-11-13-15-17-19-21-23-25-27-29-31-34(36)32-33(35)30-28-26-24-22-20-18-16-14-12-10-8-6-4-2/h3-32H2,1-2H3. The first kappa shape index (κ1) is 35.3. The van der Waals surface area contributed by atoms with Gasteiger partial charge in [0.1, 0.15) is 11.6 Å². The average molecular weight is 507 g/mol. The summed E-state index contributed by atoms with van der Waals surface area (Å²) in [5.74, 6) is 0.349. The summed E-state index contributed by atoms with van der Waals surface area (Å²) in [7, 11) is 0. The lowest BCUT2D eigenvalue weighted by molar-refractivity contribution is -0.127. The van der Waals surface area contributed by atoms with Crippen LogP contribution in [0.2, 0.25) is 0 Å². The van der Waals surface area contributed by atoms with E-state index < -0.39 is 0 Å². The van der Waals surface area contributed by atoms with Crippen LogP contribution in [0.1, 0.15) is 206 Å². The molecule has 0 saturated carbocycles. The Hall–Kier alpha value is -0.660. The number of carbonyl (C=O) groups excluding carboxylic acids is 2. The summed E-state index contributed by atoms with van der Waals surface area (Å²) in [4.78, 5) is 24.2. The van der Waals surface area contributed by atoms with Gasteiger partial charge >= 0.3 is 0 Å². The lowest BCUT2D eigenvalue weighted by Crippen LogP contribution is -2.07. The third-order valence-electron chi connectivity index (χ3n) is 7.76. The van der Waals surface area contributed by atoms with Gasteiger partial charge in [0.05, 0.1) is 6.42 Å². The van der Waals surface area contributed by atoms with Crippen molar-refractivity contribution in [2.45, 2.75) is 206 Å². The molecule has 0 amide bonds. The molecule has 0 spiro atoms. The highest BCUT2D eigenvalue weighted by atomic mass is 16.1. The number of rotatable bonds is 31. The van der Waals surface area contributed by atoms with Gasteiger partial charge in [-0.2, -0.15) is 0 Å². The number of unbranched alkanes of at least 4 members (excludes halogenated alkanes) is 25. The quantitative estimate of drug-likeness (QED) is 0.0692. The lowest BCUT2D eigenvalue weighted by atomic mass is 10.0. The number of ketones is 2. The van der Waals surface area contributed by atoms with Crippen LogP contribution >= 0.6 is 0 Å². The molecule has 0 atom stereocenters. The van der Waals surface area contributed by atoms with E-state index in [1.54, 1.807) is 0 Å². The van der Waals surface area contributed by atoms with Crippen LogP contribution in [0.5, 0.6) is 0 Å². The van der Waals surface area contributed by atoms with Crippen LogP contribution in [-0.4, -0.2) is 11.6 Å². The Bertz CT molecular complexity index is 456. The van der Waals surface area contributed by atoms with Gasteiger partial charge in [0, 0.05) is 12.8 Å². The number of hydrogen-bond donors (Lipinski definition) is 0. The second kappa shape index (κ2) is 30.6. The molecule has 0 aromatic rings. The molecule has 2 nitrogen and oxygen atoms in total. The van der Waals surface area contributed by atoms with Crippen molar-refractivity contribution in [2.24, 2.45) is 0 Å². The monoisotopic (exact) mass is 507 g/mol. The van der Waals surface area contributed by atoms with Gasteiger partial charge in [-0.15, -0.1) is 0 Å². The number of hydrogen-bond acceptors (Lipinski definition) is 2.